The summed E-state index contributed by atoms with van der Waals surface area (Å²) in [5, 5.41) is 32.7. The zero-order chi connectivity index (χ0) is 57.1. The normalized spacial score (nSPS) is 10.3. The molecule has 6 rings (SSSR count). The van der Waals surface area contributed by atoms with Crippen LogP contribution in [0.5, 0.6) is 0 Å². The van der Waals surface area contributed by atoms with Crippen LogP contribution >= 0.6 is 69.6 Å². The van der Waals surface area contributed by atoms with Gasteiger partial charge in [0.2, 0.25) is 29.7 Å². The minimum Gasteiger partial charge on any atom is -0.370 e. The van der Waals surface area contributed by atoms with Crippen molar-refractivity contribution in [1.82, 2.24) is 40.5 Å². The molecule has 3 heterocycles. The third-order valence-electron chi connectivity index (χ3n) is 9.53. The third-order valence-corrected chi connectivity index (χ3v) is 11.7. The van der Waals surface area contributed by atoms with Crippen molar-refractivity contribution in [3.8, 4) is 0 Å². The highest BCUT2D eigenvalue weighted by atomic mass is 35.5. The lowest BCUT2D eigenvalue weighted by molar-refractivity contribution is -0.119. The van der Waals surface area contributed by atoms with Crippen LogP contribution in [0.1, 0.15) is 50.2 Å². The number of nitrogens with two attached hydrogens (primary N) is 1. The van der Waals surface area contributed by atoms with Gasteiger partial charge in [-0.05, 0) is 101 Å². The van der Waals surface area contributed by atoms with Crippen molar-refractivity contribution >= 4 is 152 Å². The number of hydrogen-bond donors (Lipinski definition) is 12. The molecule has 0 unspecified atom stereocenters. The molecule has 0 fully saturated rings. The van der Waals surface area contributed by atoms with Crippen LogP contribution in [0.25, 0.3) is 0 Å². The predicted octanol–water partition coefficient (Wildman–Crippen LogP) is 10.8. The van der Waals surface area contributed by atoms with E-state index in [2.05, 4.69) is 88.4 Å². The fraction of sp³-hybridized carbons (Fsp3) is 0.286. The smallest absolute Gasteiger partial charge is 0.326 e. The van der Waals surface area contributed by atoms with Gasteiger partial charge in [-0.25, -0.2) is 29.3 Å². The molecule has 13 N–H and O–H groups in total. The summed E-state index contributed by atoms with van der Waals surface area (Å²) in [7, 11) is 0. The zero-order valence-corrected chi connectivity index (χ0v) is 47.4. The molecule has 0 saturated carbocycles. The van der Waals surface area contributed by atoms with Crippen molar-refractivity contribution in [2.45, 2.75) is 53.9 Å². The van der Waals surface area contributed by atoms with Crippen LogP contribution in [-0.4, -0.2) is 99.1 Å². The van der Waals surface area contributed by atoms with Gasteiger partial charge in [0.1, 0.15) is 17.5 Å². The molecule has 0 aliphatic carbocycles. The number of halogens is 6. The van der Waals surface area contributed by atoms with Gasteiger partial charge in [0.15, 0.2) is 0 Å². The van der Waals surface area contributed by atoms with E-state index in [0.717, 1.165) is 25.0 Å². The van der Waals surface area contributed by atoms with E-state index < -0.39 is 18.1 Å². The van der Waals surface area contributed by atoms with Gasteiger partial charge in [-0.2, -0.15) is 15.0 Å². The molecule has 0 aliphatic rings. The van der Waals surface area contributed by atoms with Crippen molar-refractivity contribution in [2.24, 2.45) is 5.73 Å². The zero-order valence-electron chi connectivity index (χ0n) is 42.9. The number of aryl methyl sites for hydroxylation is 3. The Hall–Kier alpha value is -7.25. The van der Waals surface area contributed by atoms with Crippen LogP contribution < -0.4 is 64.2 Å². The molecule has 3 aromatic carbocycles. The third kappa shape index (κ3) is 24.8. The lowest BCUT2D eigenvalue weighted by Crippen LogP contribution is -2.23. The van der Waals surface area contributed by atoms with E-state index in [1.807, 2.05) is 6.92 Å². The Kier molecular flexibility index (Phi) is 26.9. The van der Waals surface area contributed by atoms with E-state index >= 15 is 0 Å². The average molecular weight is 1190 g/mol. The number of nitrogens with zero attached hydrogens (tertiary/aromatic N) is 6. The van der Waals surface area contributed by atoms with Crippen LogP contribution in [0, 0.1) is 20.8 Å². The molecule has 0 bridgehead atoms. The molecule has 416 valence electrons. The number of hydrogen-bond acceptors (Lipinski definition) is 15. The largest absolute Gasteiger partial charge is 0.370 e. The van der Waals surface area contributed by atoms with Gasteiger partial charge in [-0.15, -0.1) is 0 Å². The number of benzene rings is 3. The molecule has 0 spiro atoms. The Labute approximate surface area is 480 Å². The summed E-state index contributed by atoms with van der Waals surface area (Å²) in [6.45, 7) is 12.0. The number of carbonyl (C=O) groups is 5. The molecular weight excluding hydrogens is 1130 g/mol. The number of amides is 8. The molecule has 8 amide bonds. The Morgan fingerprint density at radius 2 is 0.692 bits per heavy atom. The first-order valence-electron chi connectivity index (χ1n) is 23.7. The average Bonchev–Trinajstić information content (AvgIpc) is 3.34. The Morgan fingerprint density at radius 1 is 0.397 bits per heavy atom. The first-order valence-corrected chi connectivity index (χ1v) is 26.0. The van der Waals surface area contributed by atoms with Gasteiger partial charge in [0.05, 0.1) is 30.1 Å². The molecular formula is C49H58Cl6N18O5. The van der Waals surface area contributed by atoms with Gasteiger partial charge in [0.25, 0.3) is 0 Å². The number of anilines is 9. The highest BCUT2D eigenvalue weighted by Crippen LogP contribution is 2.27. The van der Waals surface area contributed by atoms with Crippen LogP contribution in [0.15, 0.2) is 72.8 Å². The summed E-state index contributed by atoms with van der Waals surface area (Å²) in [5.41, 5.74) is 9.06. The van der Waals surface area contributed by atoms with Crippen LogP contribution in [0.3, 0.4) is 0 Å². The maximum absolute atomic E-state index is 12.1. The van der Waals surface area contributed by atoms with Crippen molar-refractivity contribution in [3.05, 3.63) is 120 Å². The van der Waals surface area contributed by atoms with E-state index in [9.17, 15) is 24.0 Å². The monoisotopic (exact) mass is 1190 g/mol. The fourth-order valence-electron chi connectivity index (χ4n) is 6.12. The number of aromatic nitrogens is 6. The van der Waals surface area contributed by atoms with E-state index in [-0.39, 0.29) is 29.7 Å². The summed E-state index contributed by atoms with van der Waals surface area (Å²) in [4.78, 5) is 83.2. The maximum Gasteiger partial charge on any atom is 0.326 e. The second kappa shape index (κ2) is 33.1. The van der Waals surface area contributed by atoms with Crippen molar-refractivity contribution in [3.63, 3.8) is 0 Å². The van der Waals surface area contributed by atoms with Gasteiger partial charge in [-0.3, -0.25) is 25.5 Å². The Morgan fingerprint density at radius 3 is 0.962 bits per heavy atom. The first kappa shape index (κ1) is 63.3. The quantitative estimate of drug-likeness (QED) is 0.0316. The second-order valence-electron chi connectivity index (χ2n) is 16.4. The first-order chi connectivity index (χ1) is 37.1. The van der Waals surface area contributed by atoms with Gasteiger partial charge < -0.3 is 48.3 Å². The molecule has 0 aliphatic heterocycles. The summed E-state index contributed by atoms with van der Waals surface area (Å²) < 4.78 is 0. The molecule has 0 saturated heterocycles. The van der Waals surface area contributed by atoms with Gasteiger partial charge >= 0.3 is 18.1 Å². The number of rotatable bonds is 20. The molecule has 6 aromatic rings. The summed E-state index contributed by atoms with van der Waals surface area (Å²) in [6.07, 6.45) is 2.30. The molecule has 0 radical (unpaired) electrons. The van der Waals surface area contributed by atoms with E-state index in [1.54, 1.807) is 86.6 Å². The minimum atomic E-state index is -0.504. The summed E-state index contributed by atoms with van der Waals surface area (Å²) in [5.74, 6) is 2.18. The van der Waals surface area contributed by atoms with Crippen LogP contribution in [-0.2, 0) is 9.59 Å². The molecule has 78 heavy (non-hydrogen) atoms. The second-order valence-corrected chi connectivity index (χ2v) is 18.8. The van der Waals surface area contributed by atoms with E-state index in [1.165, 1.54) is 13.8 Å². The maximum atomic E-state index is 12.1. The molecule has 29 heteroatoms. The SMILES string of the molecule is CC(=O)NCCCNc1cc(C)nc(NC(=O)Nc2ccc(Cl)c(Cl)c2)n1.CC(=O)NCCCNc1cc(C)nc(NC(=O)Nc2ccc(Cl)c(Cl)c2)n1.Cc1cc(NCCCN)nc(NC(=O)Nc2ccc(Cl)c(Cl)c2)n1. The summed E-state index contributed by atoms with van der Waals surface area (Å²) >= 11 is 35.3. The molecule has 3 aromatic heterocycles. The number of urea groups is 3. The highest BCUT2D eigenvalue weighted by Gasteiger charge is 2.12. The van der Waals surface area contributed by atoms with Crippen LogP contribution in [0.2, 0.25) is 30.1 Å². The topological polar surface area (TPSA) is 321 Å². The predicted molar refractivity (Wildman–Crippen MR) is 313 cm³/mol. The van der Waals surface area contributed by atoms with Gasteiger partial charge in [-0.1, -0.05) is 69.6 Å². The fourth-order valence-corrected chi connectivity index (χ4v) is 7.01. The standard InChI is InChI=1S/2C17H20Cl2N6O2.C15H18Cl2N6O/c2*1-10-8-15(21-7-3-6-20-11(2)26)24-16(22-10)25-17(27)23-12-4-5-13(18)14(19)9-12;1-9-7-13(19-6-2-5-18)22-14(20-9)23-15(24)21-10-3-4-11(16)12(17)8-10/h2*4-5,8-9H,3,6-7H2,1-2H3,(H,20,26)(H3,21,22,23,24,25,27);3-4,7-8H,2,5-6,18H2,1H3,(H3,19,20,21,22,23,24). The van der Waals surface area contributed by atoms with E-state index in [0.29, 0.717) is 115 Å². The Balaban J connectivity index is 0.000000253. The van der Waals surface area contributed by atoms with E-state index in [4.69, 9.17) is 75.3 Å². The van der Waals surface area contributed by atoms with Gasteiger partial charge in [0, 0.05) is 98.9 Å². The number of carbonyl (C=O) groups excluding carboxylic acids is 5. The lowest BCUT2D eigenvalue weighted by atomic mass is 10.3. The van der Waals surface area contributed by atoms with Crippen LogP contribution in [0.4, 0.5) is 66.7 Å². The van der Waals surface area contributed by atoms with Crippen molar-refractivity contribution in [2.75, 3.05) is 87.1 Å². The minimum absolute atomic E-state index is 0.0626. The highest BCUT2D eigenvalue weighted by molar-refractivity contribution is 6.43. The molecule has 0 atom stereocenters. The Bertz CT molecular complexity index is 2880. The molecule has 23 nitrogen and oxygen atoms in total. The lowest BCUT2D eigenvalue weighted by Gasteiger charge is -2.10. The number of nitrogens with one attached hydrogen (secondary N) is 11. The van der Waals surface area contributed by atoms with Crippen molar-refractivity contribution in [1.29, 1.82) is 0 Å². The summed E-state index contributed by atoms with van der Waals surface area (Å²) in [6, 6.07) is 18.2. The van der Waals surface area contributed by atoms with Crippen molar-refractivity contribution < 1.29 is 24.0 Å².